The Morgan fingerprint density at radius 1 is 1.17 bits per heavy atom. The predicted octanol–water partition coefficient (Wildman–Crippen LogP) is 4.92. The summed E-state index contributed by atoms with van der Waals surface area (Å²) in [6.07, 6.45) is 3.43. The molecule has 2 aromatic rings. The Kier molecular flexibility index (Phi) is 6.36. The zero-order chi connectivity index (χ0) is 17.5. The summed E-state index contributed by atoms with van der Waals surface area (Å²) in [4.78, 5) is 18.8. The van der Waals surface area contributed by atoms with Gasteiger partial charge in [-0.05, 0) is 56.5 Å². The monoisotopic (exact) mass is 325 g/mol. The lowest BCUT2D eigenvalue weighted by atomic mass is 10.0. The summed E-state index contributed by atoms with van der Waals surface area (Å²) in [5.41, 5.74) is 3.09. The number of anilines is 3. The molecule has 1 amide bonds. The number of hydrogen-bond acceptors (Lipinski definition) is 3. The van der Waals surface area contributed by atoms with Crippen molar-refractivity contribution in [1.82, 2.24) is 4.98 Å². The van der Waals surface area contributed by atoms with Crippen LogP contribution >= 0.6 is 0 Å². The fraction of sp³-hybridized carbons (Fsp3) is 0.400. The molecule has 0 unspecified atom stereocenters. The van der Waals surface area contributed by atoms with Gasteiger partial charge in [0.15, 0.2) is 0 Å². The van der Waals surface area contributed by atoms with E-state index in [4.69, 9.17) is 0 Å². The number of aryl methyl sites for hydroxylation is 1. The molecule has 1 aromatic heterocycles. The highest BCUT2D eigenvalue weighted by molar-refractivity contribution is 5.92. The molecule has 2 rings (SSSR count). The Labute approximate surface area is 144 Å². The molecule has 24 heavy (non-hydrogen) atoms. The van der Waals surface area contributed by atoms with Crippen LogP contribution in [-0.2, 0) is 4.79 Å². The van der Waals surface area contributed by atoms with Gasteiger partial charge in [0.25, 0.3) is 0 Å². The molecule has 1 N–H and O–H groups in total. The predicted molar refractivity (Wildman–Crippen MR) is 101 cm³/mol. The molecule has 0 saturated heterocycles. The van der Waals surface area contributed by atoms with Crippen LogP contribution in [0.25, 0.3) is 0 Å². The van der Waals surface area contributed by atoms with E-state index >= 15 is 0 Å². The number of carbonyl (C=O) groups is 1. The van der Waals surface area contributed by atoms with Gasteiger partial charge in [0.05, 0.1) is 11.9 Å². The van der Waals surface area contributed by atoms with Crippen molar-refractivity contribution in [3.63, 3.8) is 0 Å². The average molecular weight is 325 g/mol. The van der Waals surface area contributed by atoms with Crippen LogP contribution in [-0.4, -0.2) is 17.4 Å². The second-order valence-corrected chi connectivity index (χ2v) is 5.99. The Hall–Kier alpha value is -2.36. The zero-order valence-corrected chi connectivity index (χ0v) is 15.0. The van der Waals surface area contributed by atoms with E-state index in [0.29, 0.717) is 0 Å². The van der Waals surface area contributed by atoms with Gasteiger partial charge in [-0.3, -0.25) is 4.79 Å². The lowest BCUT2D eigenvalue weighted by Crippen LogP contribution is -2.22. The van der Waals surface area contributed by atoms with Gasteiger partial charge < -0.3 is 10.2 Å². The second-order valence-electron chi connectivity index (χ2n) is 5.99. The Morgan fingerprint density at radius 3 is 2.46 bits per heavy atom. The fourth-order valence-corrected chi connectivity index (χ4v) is 2.80. The van der Waals surface area contributed by atoms with E-state index in [1.165, 1.54) is 5.56 Å². The van der Waals surface area contributed by atoms with Gasteiger partial charge in [0.1, 0.15) is 5.82 Å². The molecule has 0 spiro atoms. The van der Waals surface area contributed by atoms with E-state index in [1.54, 1.807) is 6.20 Å². The van der Waals surface area contributed by atoms with Crippen LogP contribution < -0.4 is 10.2 Å². The van der Waals surface area contributed by atoms with Crippen LogP contribution in [0.1, 0.15) is 39.2 Å². The molecule has 4 heteroatoms. The van der Waals surface area contributed by atoms with E-state index in [0.717, 1.165) is 36.6 Å². The highest BCUT2D eigenvalue weighted by atomic mass is 16.1. The third-order valence-corrected chi connectivity index (χ3v) is 4.28. The van der Waals surface area contributed by atoms with Gasteiger partial charge in [-0.25, -0.2) is 4.98 Å². The van der Waals surface area contributed by atoms with E-state index in [1.807, 2.05) is 26.0 Å². The van der Waals surface area contributed by atoms with E-state index in [9.17, 15) is 4.79 Å². The zero-order valence-electron chi connectivity index (χ0n) is 15.0. The standard InChI is InChI=1S/C20H27N3O/c1-5-16(6-2)20(24)22-17-11-12-19(21-14-17)23(7-3)18-10-8-9-15(4)13-18/h8-14,16H,5-7H2,1-4H3,(H,22,24). The summed E-state index contributed by atoms with van der Waals surface area (Å²) in [5.74, 6) is 1.01. The van der Waals surface area contributed by atoms with Crippen molar-refractivity contribution < 1.29 is 4.79 Å². The summed E-state index contributed by atoms with van der Waals surface area (Å²) < 4.78 is 0. The number of pyridine rings is 1. The van der Waals surface area contributed by atoms with E-state index in [-0.39, 0.29) is 11.8 Å². The molecule has 1 aromatic carbocycles. The molecule has 0 saturated carbocycles. The van der Waals surface area contributed by atoms with Crippen LogP contribution in [0, 0.1) is 12.8 Å². The van der Waals surface area contributed by atoms with Crippen molar-refractivity contribution in [2.45, 2.75) is 40.5 Å². The Bertz CT molecular complexity index is 663. The van der Waals surface area contributed by atoms with Gasteiger partial charge in [0, 0.05) is 18.2 Å². The molecule has 0 bridgehead atoms. The lowest BCUT2D eigenvalue weighted by molar-refractivity contribution is -0.120. The summed E-state index contributed by atoms with van der Waals surface area (Å²) in [6.45, 7) is 9.09. The number of benzene rings is 1. The number of nitrogens with zero attached hydrogens (tertiary/aromatic N) is 2. The van der Waals surface area contributed by atoms with E-state index in [2.05, 4.69) is 53.3 Å². The molecule has 0 radical (unpaired) electrons. The topological polar surface area (TPSA) is 45.2 Å². The highest BCUT2D eigenvalue weighted by Crippen LogP contribution is 2.25. The summed E-state index contributed by atoms with van der Waals surface area (Å²) in [5, 5.41) is 2.96. The first-order valence-electron chi connectivity index (χ1n) is 8.70. The second kappa shape index (κ2) is 8.48. The molecule has 128 valence electrons. The van der Waals surface area contributed by atoms with Gasteiger partial charge in [-0.15, -0.1) is 0 Å². The molecule has 4 nitrogen and oxygen atoms in total. The molecular weight excluding hydrogens is 298 g/mol. The number of carbonyl (C=O) groups excluding carboxylic acids is 1. The molecule has 1 heterocycles. The van der Waals surface area contributed by atoms with Crippen molar-refractivity contribution in [2.75, 3.05) is 16.8 Å². The van der Waals surface area contributed by atoms with Crippen LogP contribution in [0.3, 0.4) is 0 Å². The van der Waals surface area contributed by atoms with Crippen LogP contribution in [0.15, 0.2) is 42.6 Å². The maximum atomic E-state index is 12.2. The first-order valence-corrected chi connectivity index (χ1v) is 8.70. The minimum absolute atomic E-state index is 0.0594. The molecule has 0 aliphatic heterocycles. The molecule has 0 fully saturated rings. The average Bonchev–Trinajstić information content (AvgIpc) is 2.58. The quantitative estimate of drug-likeness (QED) is 0.785. The summed E-state index contributed by atoms with van der Waals surface area (Å²) in [6, 6.07) is 12.2. The third kappa shape index (κ3) is 4.34. The van der Waals surface area contributed by atoms with Crippen LogP contribution in [0.2, 0.25) is 0 Å². The van der Waals surface area contributed by atoms with Gasteiger partial charge >= 0.3 is 0 Å². The first-order chi connectivity index (χ1) is 11.6. The van der Waals surface area contributed by atoms with E-state index < -0.39 is 0 Å². The lowest BCUT2D eigenvalue weighted by Gasteiger charge is -2.22. The Morgan fingerprint density at radius 2 is 1.92 bits per heavy atom. The maximum Gasteiger partial charge on any atom is 0.227 e. The normalized spacial score (nSPS) is 10.7. The largest absolute Gasteiger partial charge is 0.327 e. The van der Waals surface area contributed by atoms with Gasteiger partial charge in [-0.2, -0.15) is 0 Å². The van der Waals surface area contributed by atoms with Crippen molar-refractivity contribution in [1.29, 1.82) is 0 Å². The number of rotatable bonds is 7. The van der Waals surface area contributed by atoms with Crippen LogP contribution in [0.4, 0.5) is 17.2 Å². The van der Waals surface area contributed by atoms with Crippen molar-refractivity contribution >= 4 is 23.1 Å². The Balaban J connectivity index is 2.14. The smallest absolute Gasteiger partial charge is 0.227 e. The van der Waals surface area contributed by atoms with Crippen molar-refractivity contribution in [2.24, 2.45) is 5.92 Å². The van der Waals surface area contributed by atoms with Crippen molar-refractivity contribution in [3.8, 4) is 0 Å². The summed E-state index contributed by atoms with van der Waals surface area (Å²) in [7, 11) is 0. The molecular formula is C20H27N3O. The van der Waals surface area contributed by atoms with Gasteiger partial charge in [-0.1, -0.05) is 26.0 Å². The molecule has 0 aliphatic carbocycles. The third-order valence-electron chi connectivity index (χ3n) is 4.28. The first kappa shape index (κ1) is 18.0. The number of aromatic nitrogens is 1. The maximum absolute atomic E-state index is 12.2. The van der Waals surface area contributed by atoms with Crippen LogP contribution in [0.5, 0.6) is 0 Å². The highest BCUT2D eigenvalue weighted by Gasteiger charge is 2.14. The van der Waals surface area contributed by atoms with Gasteiger partial charge in [0.2, 0.25) is 5.91 Å². The number of nitrogens with one attached hydrogen (secondary N) is 1. The fourth-order valence-electron chi connectivity index (χ4n) is 2.80. The number of amides is 1. The van der Waals surface area contributed by atoms with Crippen molar-refractivity contribution in [3.05, 3.63) is 48.2 Å². The minimum atomic E-state index is 0.0594. The molecule has 0 atom stereocenters. The SMILES string of the molecule is CCC(CC)C(=O)Nc1ccc(N(CC)c2cccc(C)c2)nc1. The minimum Gasteiger partial charge on any atom is -0.327 e. The summed E-state index contributed by atoms with van der Waals surface area (Å²) >= 11 is 0. The number of hydrogen-bond donors (Lipinski definition) is 1. The molecule has 0 aliphatic rings.